The minimum absolute atomic E-state index is 0.135. The SMILES string of the molecule is COCc1nnc(-c2cccc(-c3nc(C45CC6CC(CC(C6)C4)C5)no3)c2)o1. The molecule has 0 radical (unpaired) electrons. The summed E-state index contributed by atoms with van der Waals surface area (Å²) in [5.41, 5.74) is 1.83. The van der Waals surface area contributed by atoms with Crippen molar-refractivity contribution in [1.29, 1.82) is 0 Å². The van der Waals surface area contributed by atoms with E-state index in [9.17, 15) is 0 Å². The Kier molecular flexibility index (Phi) is 3.88. The summed E-state index contributed by atoms with van der Waals surface area (Å²) in [5, 5.41) is 12.6. The van der Waals surface area contributed by atoms with Crippen molar-refractivity contribution >= 4 is 0 Å². The van der Waals surface area contributed by atoms with Crippen molar-refractivity contribution in [3.05, 3.63) is 36.0 Å². The van der Waals surface area contributed by atoms with E-state index < -0.39 is 0 Å². The van der Waals surface area contributed by atoms with Crippen LogP contribution in [-0.4, -0.2) is 27.4 Å². The Labute approximate surface area is 168 Å². The Morgan fingerprint density at radius 3 is 2.38 bits per heavy atom. The average molecular weight is 392 g/mol. The van der Waals surface area contributed by atoms with Crippen LogP contribution in [-0.2, 0) is 16.8 Å². The summed E-state index contributed by atoms with van der Waals surface area (Å²) in [6, 6.07) is 7.82. The molecule has 4 fully saturated rings. The molecule has 0 unspecified atom stereocenters. The van der Waals surface area contributed by atoms with Gasteiger partial charge < -0.3 is 13.7 Å². The van der Waals surface area contributed by atoms with Crippen LogP contribution < -0.4 is 0 Å². The monoisotopic (exact) mass is 392 g/mol. The molecule has 7 nitrogen and oxygen atoms in total. The molecule has 0 atom stereocenters. The largest absolute Gasteiger partial charge is 0.418 e. The average Bonchev–Trinajstić information content (AvgIpc) is 3.38. The number of ether oxygens (including phenoxy) is 1. The fourth-order valence-electron chi connectivity index (χ4n) is 6.28. The predicted octanol–water partition coefficient (Wildman–Crippen LogP) is 4.40. The Balaban J connectivity index is 1.30. The molecule has 4 aliphatic carbocycles. The molecule has 7 heteroatoms. The highest BCUT2D eigenvalue weighted by molar-refractivity contribution is 5.64. The molecule has 4 aliphatic rings. The van der Waals surface area contributed by atoms with E-state index in [0.29, 0.717) is 24.3 Å². The zero-order valence-corrected chi connectivity index (χ0v) is 16.5. The molecule has 2 heterocycles. The fourth-order valence-corrected chi connectivity index (χ4v) is 6.28. The normalized spacial score (nSPS) is 30.2. The predicted molar refractivity (Wildman–Crippen MR) is 104 cm³/mol. The lowest BCUT2D eigenvalue weighted by Gasteiger charge is -2.55. The Hall–Kier alpha value is -2.54. The van der Waals surface area contributed by atoms with E-state index in [1.54, 1.807) is 7.11 Å². The van der Waals surface area contributed by atoms with Crippen LogP contribution in [0.4, 0.5) is 0 Å². The number of hydrogen-bond acceptors (Lipinski definition) is 7. The first-order valence-electron chi connectivity index (χ1n) is 10.5. The van der Waals surface area contributed by atoms with Crippen molar-refractivity contribution in [2.75, 3.05) is 7.11 Å². The zero-order valence-electron chi connectivity index (χ0n) is 16.5. The molecule has 0 N–H and O–H groups in total. The summed E-state index contributed by atoms with van der Waals surface area (Å²) in [6.45, 7) is 0.296. The molecular formula is C22H24N4O3. The molecule has 150 valence electrons. The van der Waals surface area contributed by atoms with E-state index >= 15 is 0 Å². The summed E-state index contributed by atoms with van der Waals surface area (Å²) in [6.07, 6.45) is 7.89. The second-order valence-electron chi connectivity index (χ2n) is 9.14. The van der Waals surface area contributed by atoms with Gasteiger partial charge in [0, 0.05) is 23.7 Å². The summed E-state index contributed by atoms with van der Waals surface area (Å²) in [4.78, 5) is 4.88. The summed E-state index contributed by atoms with van der Waals surface area (Å²) in [7, 11) is 1.60. The molecule has 7 rings (SSSR count). The van der Waals surface area contributed by atoms with Gasteiger partial charge in [-0.2, -0.15) is 4.98 Å². The van der Waals surface area contributed by atoms with Crippen LogP contribution in [0.15, 0.2) is 33.2 Å². The van der Waals surface area contributed by atoms with E-state index in [2.05, 4.69) is 15.4 Å². The van der Waals surface area contributed by atoms with Gasteiger partial charge in [-0.3, -0.25) is 0 Å². The Morgan fingerprint density at radius 1 is 1.00 bits per heavy atom. The van der Waals surface area contributed by atoms with Crippen molar-refractivity contribution in [1.82, 2.24) is 20.3 Å². The number of methoxy groups -OCH3 is 1. The van der Waals surface area contributed by atoms with E-state index in [1.165, 1.54) is 38.5 Å². The second kappa shape index (κ2) is 6.49. The van der Waals surface area contributed by atoms with Crippen LogP contribution in [0.25, 0.3) is 22.9 Å². The molecule has 0 aliphatic heterocycles. The van der Waals surface area contributed by atoms with Crippen LogP contribution in [0.2, 0.25) is 0 Å². The Bertz CT molecular complexity index is 1000. The van der Waals surface area contributed by atoms with Crippen molar-refractivity contribution < 1.29 is 13.7 Å². The first-order valence-corrected chi connectivity index (χ1v) is 10.5. The van der Waals surface area contributed by atoms with Crippen molar-refractivity contribution in [3.63, 3.8) is 0 Å². The second-order valence-corrected chi connectivity index (χ2v) is 9.14. The first kappa shape index (κ1) is 17.3. The third-order valence-corrected chi connectivity index (χ3v) is 7.03. The highest BCUT2D eigenvalue weighted by Gasteiger charge is 2.53. The van der Waals surface area contributed by atoms with Crippen molar-refractivity contribution in [3.8, 4) is 22.9 Å². The summed E-state index contributed by atoms with van der Waals surface area (Å²) < 4.78 is 16.4. The minimum atomic E-state index is 0.135. The number of rotatable bonds is 5. The molecule has 0 amide bonds. The molecule has 0 saturated heterocycles. The van der Waals surface area contributed by atoms with Gasteiger partial charge in [-0.1, -0.05) is 11.2 Å². The lowest BCUT2D eigenvalue weighted by Crippen LogP contribution is -2.49. The molecule has 4 bridgehead atoms. The lowest BCUT2D eigenvalue weighted by molar-refractivity contribution is -0.0103. The smallest absolute Gasteiger partial charge is 0.257 e. The van der Waals surface area contributed by atoms with Gasteiger partial charge in [0.2, 0.25) is 11.8 Å². The van der Waals surface area contributed by atoms with E-state index in [1.807, 2.05) is 24.3 Å². The molecule has 1 aromatic carbocycles. The number of hydrogen-bond donors (Lipinski definition) is 0. The number of aromatic nitrogens is 4. The highest BCUT2D eigenvalue weighted by atomic mass is 16.5. The maximum atomic E-state index is 5.73. The van der Waals surface area contributed by atoms with Gasteiger partial charge in [-0.25, -0.2) is 0 Å². The van der Waals surface area contributed by atoms with E-state index in [0.717, 1.165) is 34.7 Å². The quantitative estimate of drug-likeness (QED) is 0.636. The van der Waals surface area contributed by atoms with Crippen LogP contribution in [0, 0.1) is 17.8 Å². The van der Waals surface area contributed by atoms with Gasteiger partial charge in [0.25, 0.3) is 5.89 Å². The third kappa shape index (κ3) is 2.90. The number of nitrogens with zero attached hydrogens (tertiary/aromatic N) is 4. The van der Waals surface area contributed by atoms with Gasteiger partial charge in [0.05, 0.1) is 0 Å². The third-order valence-electron chi connectivity index (χ3n) is 7.03. The van der Waals surface area contributed by atoms with Gasteiger partial charge >= 0.3 is 0 Å². The van der Waals surface area contributed by atoms with Crippen LogP contribution in [0.3, 0.4) is 0 Å². The highest BCUT2D eigenvalue weighted by Crippen LogP contribution is 2.60. The van der Waals surface area contributed by atoms with Crippen LogP contribution in [0.1, 0.15) is 50.2 Å². The van der Waals surface area contributed by atoms with Gasteiger partial charge in [0.15, 0.2) is 5.82 Å². The van der Waals surface area contributed by atoms with Crippen LogP contribution in [0.5, 0.6) is 0 Å². The van der Waals surface area contributed by atoms with E-state index in [-0.39, 0.29) is 5.41 Å². The van der Waals surface area contributed by atoms with Gasteiger partial charge in [-0.15, -0.1) is 10.2 Å². The topological polar surface area (TPSA) is 87.1 Å². The summed E-state index contributed by atoms with van der Waals surface area (Å²) in [5.74, 6) is 4.95. The lowest BCUT2D eigenvalue weighted by atomic mass is 9.49. The summed E-state index contributed by atoms with van der Waals surface area (Å²) >= 11 is 0. The Morgan fingerprint density at radius 2 is 1.69 bits per heavy atom. The zero-order chi connectivity index (χ0) is 19.4. The first-order chi connectivity index (χ1) is 14.2. The van der Waals surface area contributed by atoms with Gasteiger partial charge in [0.1, 0.15) is 6.61 Å². The molecule has 2 aromatic heterocycles. The molecule has 29 heavy (non-hydrogen) atoms. The number of benzene rings is 1. The maximum absolute atomic E-state index is 5.73. The molecule has 4 saturated carbocycles. The van der Waals surface area contributed by atoms with Gasteiger partial charge in [-0.05, 0) is 74.5 Å². The molecule has 0 spiro atoms. The molecular weight excluding hydrogens is 368 g/mol. The standard InChI is InChI=1S/C22H24N4O3/c1-27-12-18-24-25-20(28-18)17-4-2-3-16(8-17)19-23-21(26-29-19)22-9-13-5-14(10-22)7-15(6-13)11-22/h2-4,8,13-15H,5-7,9-12H2,1H3. The van der Waals surface area contributed by atoms with Crippen molar-refractivity contribution in [2.24, 2.45) is 17.8 Å². The fraction of sp³-hybridized carbons (Fsp3) is 0.545. The minimum Gasteiger partial charge on any atom is -0.418 e. The van der Waals surface area contributed by atoms with Crippen LogP contribution >= 0.6 is 0 Å². The van der Waals surface area contributed by atoms with E-state index in [4.69, 9.17) is 18.7 Å². The maximum Gasteiger partial charge on any atom is 0.257 e. The van der Waals surface area contributed by atoms with Crippen molar-refractivity contribution in [2.45, 2.75) is 50.5 Å². The molecule has 3 aromatic rings.